The average molecular weight is 557 g/mol. The van der Waals surface area contributed by atoms with Gasteiger partial charge in [-0.25, -0.2) is 4.98 Å². The number of pyridine rings is 1. The van der Waals surface area contributed by atoms with Crippen molar-refractivity contribution in [2.75, 3.05) is 38.1 Å². The van der Waals surface area contributed by atoms with Gasteiger partial charge in [0.15, 0.2) is 0 Å². The molecule has 2 fully saturated rings. The number of amides is 2. The van der Waals surface area contributed by atoms with Gasteiger partial charge in [0.1, 0.15) is 5.82 Å². The maximum absolute atomic E-state index is 13.7. The molecule has 0 saturated carbocycles. The highest BCUT2D eigenvalue weighted by Gasteiger charge is 2.39. The van der Waals surface area contributed by atoms with E-state index in [4.69, 9.17) is 11.6 Å². The second-order valence-corrected chi connectivity index (χ2v) is 11.4. The second-order valence-electron chi connectivity index (χ2n) is 11.0. The zero-order chi connectivity index (χ0) is 27.7. The van der Waals surface area contributed by atoms with Crippen molar-refractivity contribution in [3.63, 3.8) is 0 Å². The van der Waals surface area contributed by atoms with Crippen molar-refractivity contribution in [2.24, 2.45) is 5.41 Å². The number of carbonyl (C=O) groups excluding carboxylic acids is 2. The zero-order valence-electron chi connectivity index (χ0n) is 22.6. The number of likely N-dealkylation sites (tertiary alicyclic amines) is 1. The topological polar surface area (TPSA) is 85.4 Å². The summed E-state index contributed by atoms with van der Waals surface area (Å²) in [7, 11) is 1.72. The van der Waals surface area contributed by atoms with Crippen LogP contribution in [0.15, 0.2) is 67.0 Å². The lowest BCUT2D eigenvalue weighted by Gasteiger charge is -2.47. The van der Waals surface area contributed by atoms with Gasteiger partial charge in [-0.3, -0.25) is 14.6 Å². The molecule has 2 amide bonds. The smallest absolute Gasteiger partial charge is 0.256 e. The number of para-hydroxylation sites is 1. The van der Waals surface area contributed by atoms with E-state index >= 15 is 0 Å². The van der Waals surface area contributed by atoms with Gasteiger partial charge in [-0.05, 0) is 67.5 Å². The summed E-state index contributed by atoms with van der Waals surface area (Å²) >= 11 is 6.22. The van der Waals surface area contributed by atoms with Gasteiger partial charge in [0.05, 0.1) is 33.7 Å². The summed E-state index contributed by atoms with van der Waals surface area (Å²) in [5.41, 5.74) is 4.06. The summed E-state index contributed by atoms with van der Waals surface area (Å²) in [6.07, 6.45) is 8.07. The molecule has 2 saturated heterocycles. The molecule has 206 valence electrons. The van der Waals surface area contributed by atoms with Gasteiger partial charge in [0.2, 0.25) is 0 Å². The van der Waals surface area contributed by atoms with Crippen LogP contribution in [0.4, 0.5) is 5.69 Å². The third-order valence-corrected chi connectivity index (χ3v) is 8.93. The molecular weight excluding hydrogens is 524 g/mol. The number of piperidine rings is 2. The van der Waals surface area contributed by atoms with E-state index in [9.17, 15) is 9.59 Å². The van der Waals surface area contributed by atoms with Gasteiger partial charge >= 0.3 is 0 Å². The highest BCUT2D eigenvalue weighted by Crippen LogP contribution is 2.42. The van der Waals surface area contributed by atoms with Gasteiger partial charge in [-0.1, -0.05) is 29.8 Å². The first-order valence-electron chi connectivity index (χ1n) is 13.8. The minimum atomic E-state index is -0.184. The molecule has 2 aliphatic rings. The first kappa shape index (κ1) is 26.3. The molecule has 2 aromatic carbocycles. The highest BCUT2D eigenvalue weighted by molar-refractivity contribution is 6.33. The Labute approximate surface area is 239 Å². The first-order valence-corrected chi connectivity index (χ1v) is 14.2. The number of nitrogens with one attached hydrogen (secondary N) is 1. The van der Waals surface area contributed by atoms with Crippen molar-refractivity contribution in [2.45, 2.75) is 32.2 Å². The second kappa shape index (κ2) is 10.9. The van der Waals surface area contributed by atoms with E-state index in [-0.39, 0.29) is 18.4 Å². The number of rotatable bonds is 5. The van der Waals surface area contributed by atoms with Crippen LogP contribution in [0.25, 0.3) is 11.0 Å². The monoisotopic (exact) mass is 556 g/mol. The largest absolute Gasteiger partial charge is 0.371 e. The number of aromatic amines is 1. The Morgan fingerprint density at radius 3 is 2.33 bits per heavy atom. The molecule has 6 rings (SSSR count). The van der Waals surface area contributed by atoms with Crippen molar-refractivity contribution in [3.05, 3.63) is 89.0 Å². The average Bonchev–Trinajstić information content (AvgIpc) is 3.40. The SMILES string of the molecule is CN(Cc1nc2cccc(C(=O)N3CCC4(CC3)CCN(c3ccncc3)CC4)c2[nH]1)C(=O)c1ccccc1Cl. The van der Waals surface area contributed by atoms with Crippen molar-refractivity contribution in [1.82, 2.24) is 24.8 Å². The van der Waals surface area contributed by atoms with Crippen LogP contribution < -0.4 is 4.90 Å². The Kier molecular flexibility index (Phi) is 7.19. The summed E-state index contributed by atoms with van der Waals surface area (Å²) < 4.78 is 0. The van der Waals surface area contributed by atoms with Crippen molar-refractivity contribution < 1.29 is 9.59 Å². The number of aromatic nitrogens is 3. The number of nitrogens with zero attached hydrogens (tertiary/aromatic N) is 5. The Morgan fingerprint density at radius 1 is 0.925 bits per heavy atom. The van der Waals surface area contributed by atoms with E-state index in [1.807, 2.05) is 35.5 Å². The molecule has 0 atom stereocenters. The van der Waals surface area contributed by atoms with Crippen LogP contribution in [0.3, 0.4) is 0 Å². The summed E-state index contributed by atoms with van der Waals surface area (Å²) in [6.45, 7) is 3.89. The van der Waals surface area contributed by atoms with Gasteiger partial charge in [0.25, 0.3) is 11.8 Å². The van der Waals surface area contributed by atoms with E-state index in [2.05, 4.69) is 32.0 Å². The lowest BCUT2D eigenvalue weighted by atomic mass is 9.71. The van der Waals surface area contributed by atoms with Gasteiger partial charge in [0, 0.05) is 51.3 Å². The van der Waals surface area contributed by atoms with E-state index in [1.165, 1.54) is 5.69 Å². The molecule has 0 aliphatic carbocycles. The number of halogens is 1. The Balaban J connectivity index is 1.11. The number of imidazole rings is 1. The number of hydrogen-bond acceptors (Lipinski definition) is 5. The predicted molar refractivity (Wildman–Crippen MR) is 157 cm³/mol. The first-order chi connectivity index (χ1) is 19.4. The predicted octanol–water partition coefficient (Wildman–Crippen LogP) is 5.41. The van der Waals surface area contributed by atoms with Gasteiger partial charge in [-0.15, -0.1) is 0 Å². The molecule has 8 nitrogen and oxygen atoms in total. The maximum Gasteiger partial charge on any atom is 0.256 e. The third-order valence-electron chi connectivity index (χ3n) is 8.60. The van der Waals surface area contributed by atoms with Gasteiger partial charge < -0.3 is 19.7 Å². The number of benzene rings is 2. The zero-order valence-corrected chi connectivity index (χ0v) is 23.4. The normalized spacial score (nSPS) is 16.9. The molecular formula is C31H33ClN6O2. The van der Waals surface area contributed by atoms with E-state index in [0.29, 0.717) is 32.9 Å². The third kappa shape index (κ3) is 5.16. The van der Waals surface area contributed by atoms with Crippen LogP contribution in [-0.2, 0) is 6.54 Å². The molecule has 4 heterocycles. The molecule has 0 unspecified atom stereocenters. The molecule has 40 heavy (non-hydrogen) atoms. The molecule has 2 aromatic heterocycles. The van der Waals surface area contributed by atoms with Crippen LogP contribution in [0.1, 0.15) is 52.2 Å². The number of fused-ring (bicyclic) bond motifs is 1. The Bertz CT molecular complexity index is 1520. The summed E-state index contributed by atoms with van der Waals surface area (Å²) in [5, 5.41) is 0.416. The van der Waals surface area contributed by atoms with Crippen LogP contribution in [-0.4, -0.2) is 69.8 Å². The molecule has 2 aliphatic heterocycles. The van der Waals surface area contributed by atoms with Gasteiger partial charge in [-0.2, -0.15) is 0 Å². The molecule has 4 aromatic rings. The quantitative estimate of drug-likeness (QED) is 0.355. The summed E-state index contributed by atoms with van der Waals surface area (Å²) in [5.74, 6) is 0.471. The fraction of sp³-hybridized carbons (Fsp3) is 0.355. The number of H-pyrrole nitrogens is 1. The van der Waals surface area contributed by atoms with E-state index in [1.54, 1.807) is 36.2 Å². The van der Waals surface area contributed by atoms with Crippen LogP contribution in [0, 0.1) is 5.41 Å². The number of anilines is 1. The van der Waals surface area contributed by atoms with Crippen LogP contribution >= 0.6 is 11.6 Å². The lowest BCUT2D eigenvalue weighted by Crippen LogP contribution is -2.48. The summed E-state index contributed by atoms with van der Waals surface area (Å²) in [6, 6.07) is 16.8. The highest BCUT2D eigenvalue weighted by atomic mass is 35.5. The summed E-state index contributed by atoms with van der Waals surface area (Å²) in [4.78, 5) is 44.7. The van der Waals surface area contributed by atoms with Crippen molar-refractivity contribution in [1.29, 1.82) is 0 Å². The molecule has 0 bridgehead atoms. The Morgan fingerprint density at radius 2 is 1.60 bits per heavy atom. The van der Waals surface area contributed by atoms with Crippen LogP contribution in [0.5, 0.6) is 0 Å². The fourth-order valence-corrected chi connectivity index (χ4v) is 6.34. The fourth-order valence-electron chi connectivity index (χ4n) is 6.12. The number of carbonyl (C=O) groups is 2. The molecule has 1 spiro atoms. The lowest BCUT2D eigenvalue weighted by molar-refractivity contribution is 0.0516. The maximum atomic E-state index is 13.7. The minimum absolute atomic E-state index is 0.0327. The molecule has 1 N–H and O–H groups in total. The van der Waals surface area contributed by atoms with E-state index < -0.39 is 0 Å². The minimum Gasteiger partial charge on any atom is -0.371 e. The van der Waals surface area contributed by atoms with Crippen LogP contribution in [0.2, 0.25) is 5.02 Å². The van der Waals surface area contributed by atoms with Crippen molar-refractivity contribution in [3.8, 4) is 0 Å². The standard InChI is InChI=1S/C31H33ClN6O2/c1-36(29(39)23-5-2-3-7-25(23)32)21-27-34-26-8-4-6-24(28(26)35-27)30(40)38-19-13-31(14-20-38)11-17-37(18-12-31)22-9-15-33-16-10-22/h2-10,15-16H,11-14,17-21H2,1H3,(H,34,35). The number of hydrogen-bond donors (Lipinski definition) is 1. The van der Waals surface area contributed by atoms with Crippen molar-refractivity contribution >= 4 is 40.1 Å². The molecule has 0 radical (unpaired) electrons. The molecule has 9 heteroatoms. The van der Waals surface area contributed by atoms with E-state index in [0.717, 1.165) is 57.4 Å². The Hall–Kier alpha value is -3.91.